The molecule has 0 aliphatic carbocycles. The van der Waals surface area contributed by atoms with Gasteiger partial charge in [0.25, 0.3) is 5.91 Å². The number of rotatable bonds is 2. The number of para-hydroxylation sites is 1. The Morgan fingerprint density at radius 3 is 2.95 bits per heavy atom. The van der Waals surface area contributed by atoms with E-state index in [4.69, 9.17) is 4.84 Å². The van der Waals surface area contributed by atoms with Crippen molar-refractivity contribution in [3.05, 3.63) is 35.5 Å². The lowest BCUT2D eigenvalue weighted by molar-refractivity contribution is -0.175. The van der Waals surface area contributed by atoms with Crippen molar-refractivity contribution in [2.75, 3.05) is 27.7 Å². The molecule has 5 heteroatoms. The third-order valence-corrected chi connectivity index (χ3v) is 4.09. The number of carbonyl (C=O) groups excluding carboxylic acids is 1. The largest absolute Gasteiger partial charge is 0.356 e. The average molecular weight is 273 g/mol. The molecule has 0 spiro atoms. The average Bonchev–Trinajstić information content (AvgIpc) is 2.84. The van der Waals surface area contributed by atoms with Gasteiger partial charge in [0.05, 0.1) is 7.11 Å². The van der Waals surface area contributed by atoms with Gasteiger partial charge in [-0.2, -0.15) is 0 Å². The molecule has 5 nitrogen and oxygen atoms in total. The Kier molecular flexibility index (Phi) is 3.23. The summed E-state index contributed by atoms with van der Waals surface area (Å²) in [5.74, 6) is -0.0532. The maximum atomic E-state index is 12.5. The number of hydrogen-bond acceptors (Lipinski definition) is 3. The van der Waals surface area contributed by atoms with Crippen LogP contribution in [0.4, 0.5) is 0 Å². The molecule has 3 rings (SSSR count). The van der Waals surface area contributed by atoms with Crippen LogP contribution in [0.5, 0.6) is 0 Å². The summed E-state index contributed by atoms with van der Waals surface area (Å²) in [6.07, 6.45) is 0.955. The molecule has 1 unspecified atom stereocenters. The molecule has 1 aliphatic heterocycles. The maximum absolute atomic E-state index is 12.5. The predicted molar refractivity (Wildman–Crippen MR) is 77.2 cm³/mol. The van der Waals surface area contributed by atoms with E-state index in [1.807, 2.05) is 19.2 Å². The van der Waals surface area contributed by atoms with Gasteiger partial charge in [-0.3, -0.25) is 14.5 Å². The first-order valence-corrected chi connectivity index (χ1v) is 6.75. The van der Waals surface area contributed by atoms with Crippen molar-refractivity contribution in [3.8, 4) is 0 Å². The zero-order chi connectivity index (χ0) is 14.3. The first kappa shape index (κ1) is 13.1. The van der Waals surface area contributed by atoms with E-state index in [2.05, 4.69) is 22.0 Å². The molecule has 1 aromatic carbocycles. The number of fused-ring (bicyclic) bond motifs is 3. The summed E-state index contributed by atoms with van der Waals surface area (Å²) in [6, 6.07) is 7.89. The molecule has 106 valence electrons. The van der Waals surface area contributed by atoms with Crippen LogP contribution in [0.25, 0.3) is 10.9 Å². The second kappa shape index (κ2) is 4.92. The van der Waals surface area contributed by atoms with Crippen molar-refractivity contribution in [1.82, 2.24) is 14.9 Å². The Hall–Kier alpha value is -1.85. The van der Waals surface area contributed by atoms with Crippen molar-refractivity contribution in [2.45, 2.75) is 12.5 Å². The number of likely N-dealkylation sites (N-methyl/N-ethyl adjacent to an activating group) is 2. The molecule has 1 N–H and O–H groups in total. The highest BCUT2D eigenvalue weighted by Gasteiger charge is 2.35. The Balaban J connectivity index is 2.11. The zero-order valence-corrected chi connectivity index (χ0v) is 12.0. The van der Waals surface area contributed by atoms with E-state index in [1.54, 1.807) is 7.05 Å². The summed E-state index contributed by atoms with van der Waals surface area (Å²) in [5.41, 5.74) is 3.33. The molecular formula is C15H19N3O2. The Morgan fingerprint density at radius 2 is 2.20 bits per heavy atom. The molecule has 0 saturated heterocycles. The van der Waals surface area contributed by atoms with Crippen molar-refractivity contribution in [2.24, 2.45) is 0 Å². The van der Waals surface area contributed by atoms with Crippen LogP contribution < -0.4 is 0 Å². The number of amides is 1. The van der Waals surface area contributed by atoms with Crippen LogP contribution in [0, 0.1) is 0 Å². The third kappa shape index (κ3) is 1.90. The zero-order valence-electron chi connectivity index (χ0n) is 12.0. The van der Waals surface area contributed by atoms with E-state index in [1.165, 1.54) is 23.1 Å². The van der Waals surface area contributed by atoms with Gasteiger partial charge in [-0.1, -0.05) is 18.2 Å². The van der Waals surface area contributed by atoms with E-state index < -0.39 is 0 Å². The van der Waals surface area contributed by atoms with Gasteiger partial charge < -0.3 is 4.98 Å². The third-order valence-electron chi connectivity index (χ3n) is 4.09. The van der Waals surface area contributed by atoms with Gasteiger partial charge in [0, 0.05) is 30.2 Å². The highest BCUT2D eigenvalue weighted by atomic mass is 16.7. The lowest BCUT2D eigenvalue weighted by Gasteiger charge is -2.33. The minimum absolute atomic E-state index is 0.0532. The molecule has 0 saturated carbocycles. The van der Waals surface area contributed by atoms with E-state index in [0.29, 0.717) is 0 Å². The number of carbonyl (C=O) groups is 1. The topological polar surface area (TPSA) is 48.6 Å². The first-order valence-electron chi connectivity index (χ1n) is 6.75. The summed E-state index contributed by atoms with van der Waals surface area (Å²) in [5, 5.41) is 2.51. The Bertz CT molecular complexity index is 650. The SMILES string of the molecule is CON(C)C(=O)C1c2[nH]c3ccccc3c2CCN1C. The van der Waals surface area contributed by atoms with Gasteiger partial charge in [-0.15, -0.1) is 0 Å². The van der Waals surface area contributed by atoms with Crippen molar-refractivity contribution in [3.63, 3.8) is 0 Å². The predicted octanol–water partition coefficient (Wildman–Crippen LogP) is 1.72. The molecule has 0 fully saturated rings. The summed E-state index contributed by atoms with van der Waals surface area (Å²) in [7, 11) is 5.13. The quantitative estimate of drug-likeness (QED) is 0.848. The molecule has 1 aromatic heterocycles. The van der Waals surface area contributed by atoms with Crippen LogP contribution in [0.1, 0.15) is 17.3 Å². The molecule has 20 heavy (non-hydrogen) atoms. The Morgan fingerprint density at radius 1 is 1.45 bits per heavy atom. The lowest BCUT2D eigenvalue weighted by atomic mass is 9.97. The minimum atomic E-state index is -0.309. The van der Waals surface area contributed by atoms with Crippen LogP contribution in [0.2, 0.25) is 0 Å². The smallest absolute Gasteiger partial charge is 0.269 e. The molecule has 0 bridgehead atoms. The van der Waals surface area contributed by atoms with E-state index in [0.717, 1.165) is 24.2 Å². The van der Waals surface area contributed by atoms with Crippen LogP contribution >= 0.6 is 0 Å². The van der Waals surface area contributed by atoms with Gasteiger partial charge >= 0.3 is 0 Å². The summed E-state index contributed by atoms with van der Waals surface area (Å²) < 4.78 is 0. The standard InChI is InChI=1S/C15H19N3O2/c1-17-9-8-11-10-6-4-5-7-12(10)16-13(11)14(17)15(19)18(2)20-3/h4-7,14,16H,8-9H2,1-3H3. The molecular weight excluding hydrogens is 254 g/mol. The van der Waals surface area contributed by atoms with Crippen molar-refractivity contribution < 1.29 is 9.63 Å². The molecule has 0 radical (unpaired) electrons. The van der Waals surface area contributed by atoms with Crippen molar-refractivity contribution >= 4 is 16.8 Å². The van der Waals surface area contributed by atoms with Gasteiger partial charge in [-0.05, 0) is 25.1 Å². The second-order valence-corrected chi connectivity index (χ2v) is 5.21. The number of aromatic amines is 1. The number of nitrogens with one attached hydrogen (secondary N) is 1. The molecule has 2 heterocycles. The number of H-pyrrole nitrogens is 1. The van der Waals surface area contributed by atoms with Crippen LogP contribution in [0.15, 0.2) is 24.3 Å². The molecule has 1 atom stereocenters. The van der Waals surface area contributed by atoms with Crippen LogP contribution in [0.3, 0.4) is 0 Å². The van der Waals surface area contributed by atoms with Gasteiger partial charge in [-0.25, -0.2) is 5.06 Å². The number of nitrogens with zero attached hydrogens (tertiary/aromatic N) is 2. The highest BCUT2D eigenvalue weighted by Crippen LogP contribution is 2.34. The maximum Gasteiger partial charge on any atom is 0.269 e. The summed E-state index contributed by atoms with van der Waals surface area (Å²) in [6.45, 7) is 0.864. The number of hydroxylamine groups is 2. The highest BCUT2D eigenvalue weighted by molar-refractivity contribution is 5.89. The number of aromatic nitrogens is 1. The van der Waals surface area contributed by atoms with Crippen LogP contribution in [-0.4, -0.2) is 48.6 Å². The first-order chi connectivity index (χ1) is 9.63. The summed E-state index contributed by atoms with van der Waals surface area (Å²) >= 11 is 0. The van der Waals surface area contributed by atoms with Gasteiger partial charge in [0.15, 0.2) is 0 Å². The van der Waals surface area contributed by atoms with E-state index in [-0.39, 0.29) is 11.9 Å². The summed E-state index contributed by atoms with van der Waals surface area (Å²) in [4.78, 5) is 23.0. The minimum Gasteiger partial charge on any atom is -0.356 e. The molecule has 1 amide bonds. The van der Waals surface area contributed by atoms with E-state index >= 15 is 0 Å². The van der Waals surface area contributed by atoms with Crippen molar-refractivity contribution in [1.29, 1.82) is 0 Å². The Labute approximate surface area is 118 Å². The fraction of sp³-hybridized carbons (Fsp3) is 0.400. The number of hydrogen-bond donors (Lipinski definition) is 1. The fourth-order valence-corrected chi connectivity index (χ4v) is 2.94. The monoisotopic (exact) mass is 273 g/mol. The van der Waals surface area contributed by atoms with Crippen LogP contribution in [-0.2, 0) is 16.1 Å². The molecule has 2 aromatic rings. The van der Waals surface area contributed by atoms with Gasteiger partial charge in [0.2, 0.25) is 0 Å². The second-order valence-electron chi connectivity index (χ2n) is 5.21. The number of benzene rings is 1. The van der Waals surface area contributed by atoms with E-state index in [9.17, 15) is 4.79 Å². The normalized spacial score (nSPS) is 19.1. The molecule has 1 aliphatic rings. The van der Waals surface area contributed by atoms with Gasteiger partial charge in [0.1, 0.15) is 6.04 Å². The fourth-order valence-electron chi connectivity index (χ4n) is 2.94. The lowest BCUT2D eigenvalue weighted by Crippen LogP contribution is -2.42.